The molecule has 12 nitrogen and oxygen atoms in total. The molecule has 3 atom stereocenters. The molecule has 0 aliphatic rings. The van der Waals surface area contributed by atoms with Gasteiger partial charge in [-0.3, -0.25) is 19.2 Å². The van der Waals surface area contributed by atoms with E-state index in [2.05, 4.69) is 26.3 Å². The summed E-state index contributed by atoms with van der Waals surface area (Å²) in [5.41, 5.74) is 0. The molecule has 4 amide bonds. The van der Waals surface area contributed by atoms with E-state index in [9.17, 15) is 24.0 Å². The highest BCUT2D eigenvalue weighted by atomic mass is 32.1. The number of carboxylic acid groups (broad SMARTS) is 1. The van der Waals surface area contributed by atoms with Crippen molar-refractivity contribution < 1.29 is 29.1 Å². The van der Waals surface area contributed by atoms with Crippen LogP contribution in [0.25, 0.3) is 0 Å². The molecule has 0 saturated carbocycles. The Morgan fingerprint density at radius 2 is 1.57 bits per heavy atom. The van der Waals surface area contributed by atoms with Gasteiger partial charge in [-0.25, -0.2) is 9.78 Å². The van der Waals surface area contributed by atoms with Crippen LogP contribution >= 0.6 is 11.3 Å². The van der Waals surface area contributed by atoms with Crippen molar-refractivity contribution in [2.75, 3.05) is 18.4 Å². The predicted octanol–water partition coefficient (Wildman–Crippen LogP) is -0.461. The molecule has 30 heavy (non-hydrogen) atoms. The van der Waals surface area contributed by atoms with Crippen LogP contribution in [0.15, 0.2) is 6.20 Å². The summed E-state index contributed by atoms with van der Waals surface area (Å²) in [5, 5.41) is 21.8. The van der Waals surface area contributed by atoms with E-state index in [1.54, 1.807) is 0 Å². The molecule has 6 N–H and O–H groups in total. The van der Waals surface area contributed by atoms with E-state index in [1.165, 1.54) is 38.3 Å². The molecule has 0 radical (unpaired) electrons. The zero-order valence-electron chi connectivity index (χ0n) is 16.9. The lowest BCUT2D eigenvalue weighted by molar-refractivity contribution is -0.131. The summed E-state index contributed by atoms with van der Waals surface area (Å²) >= 11 is 1.23. The summed E-state index contributed by atoms with van der Waals surface area (Å²) in [7, 11) is 0. The molecule has 0 spiro atoms. The second-order valence-electron chi connectivity index (χ2n) is 6.39. The number of hydrogen-bond donors (Lipinski definition) is 6. The van der Waals surface area contributed by atoms with E-state index in [1.807, 2.05) is 5.32 Å². The van der Waals surface area contributed by atoms with E-state index in [0.717, 1.165) is 6.29 Å². The molecule has 166 valence electrons. The van der Waals surface area contributed by atoms with Crippen molar-refractivity contribution in [2.24, 2.45) is 0 Å². The van der Waals surface area contributed by atoms with Crippen LogP contribution in [0.3, 0.4) is 0 Å². The number of aldehydes is 1. The molecular formula is C17H26N6O6S. The van der Waals surface area contributed by atoms with Crippen LogP contribution in [0, 0.1) is 0 Å². The van der Waals surface area contributed by atoms with Crippen LogP contribution in [0.2, 0.25) is 0 Å². The molecule has 1 rings (SSSR count). The standard InChI is InChI=1S/C17H26N6O6S/c1-9(21-14(26)10(2)22-15(27)11(3)23-17(28)29)13(25)18-5-4-6-19-16-20-7-12(8-24)30-16/h7-11,23H,4-6H2,1-3H3,(H,18,25)(H,19,20)(H,21,26)(H,22,27)(H,28,29)/t9-,10-,11-/m0/s1. The molecule has 0 aromatic carbocycles. The fraction of sp³-hybridized carbons (Fsp3) is 0.529. The monoisotopic (exact) mass is 442 g/mol. The van der Waals surface area contributed by atoms with Crippen molar-refractivity contribution in [1.29, 1.82) is 0 Å². The number of aromatic nitrogens is 1. The van der Waals surface area contributed by atoms with Crippen LogP contribution in [0.5, 0.6) is 0 Å². The second kappa shape index (κ2) is 12.4. The van der Waals surface area contributed by atoms with Crippen LogP contribution in [-0.4, -0.2) is 71.4 Å². The average Bonchev–Trinajstić information content (AvgIpc) is 3.14. The Morgan fingerprint density at radius 3 is 2.10 bits per heavy atom. The fourth-order valence-corrected chi connectivity index (χ4v) is 2.79. The number of amides is 4. The summed E-state index contributed by atoms with van der Waals surface area (Å²) in [6.07, 6.45) is 1.44. The van der Waals surface area contributed by atoms with Crippen molar-refractivity contribution in [3.8, 4) is 0 Å². The molecule has 0 bridgehead atoms. The summed E-state index contributed by atoms with van der Waals surface area (Å²) < 4.78 is 0. The molecule has 0 fully saturated rings. The SMILES string of the molecule is C[C@H](NC(=O)O)C(=O)N[C@@H](C)C(=O)N[C@@H](C)C(=O)NCCCNc1ncc(C=O)s1. The highest BCUT2D eigenvalue weighted by Crippen LogP contribution is 2.15. The van der Waals surface area contributed by atoms with Gasteiger partial charge in [-0.05, 0) is 27.2 Å². The minimum Gasteiger partial charge on any atom is -0.465 e. The number of hydrogen-bond acceptors (Lipinski definition) is 8. The van der Waals surface area contributed by atoms with Crippen molar-refractivity contribution in [1.82, 2.24) is 26.3 Å². The molecule has 0 unspecified atom stereocenters. The van der Waals surface area contributed by atoms with Gasteiger partial charge in [-0.15, -0.1) is 0 Å². The zero-order chi connectivity index (χ0) is 22.7. The lowest BCUT2D eigenvalue weighted by atomic mass is 10.2. The topological polar surface area (TPSA) is 179 Å². The van der Waals surface area contributed by atoms with Gasteiger partial charge in [0.2, 0.25) is 17.7 Å². The Morgan fingerprint density at radius 1 is 1.00 bits per heavy atom. The van der Waals surface area contributed by atoms with Crippen LogP contribution in [0.4, 0.5) is 9.93 Å². The molecule has 0 aliphatic carbocycles. The molecule has 1 aromatic rings. The Kier molecular flexibility index (Phi) is 10.2. The van der Waals surface area contributed by atoms with Crippen molar-refractivity contribution in [3.63, 3.8) is 0 Å². The van der Waals surface area contributed by atoms with Crippen molar-refractivity contribution in [2.45, 2.75) is 45.3 Å². The molecule has 0 saturated heterocycles. The molecule has 1 heterocycles. The summed E-state index contributed by atoms with van der Waals surface area (Å²) in [6.45, 7) is 5.17. The zero-order valence-corrected chi connectivity index (χ0v) is 17.7. The minimum atomic E-state index is -1.35. The van der Waals surface area contributed by atoms with Crippen LogP contribution < -0.4 is 26.6 Å². The van der Waals surface area contributed by atoms with E-state index >= 15 is 0 Å². The number of carbonyl (C=O) groups is 5. The van der Waals surface area contributed by atoms with Gasteiger partial charge < -0.3 is 31.7 Å². The summed E-state index contributed by atoms with van der Waals surface area (Å²) in [6, 6.07) is -2.81. The first-order valence-electron chi connectivity index (χ1n) is 9.16. The third kappa shape index (κ3) is 8.86. The Balaban J connectivity index is 2.27. The number of nitrogens with one attached hydrogen (secondary N) is 5. The fourth-order valence-electron chi connectivity index (χ4n) is 2.13. The summed E-state index contributed by atoms with van der Waals surface area (Å²) in [5.74, 6) is -1.63. The third-order valence-corrected chi connectivity index (χ3v) is 4.69. The van der Waals surface area contributed by atoms with Gasteiger partial charge in [-0.2, -0.15) is 0 Å². The van der Waals surface area contributed by atoms with Gasteiger partial charge in [0.1, 0.15) is 18.1 Å². The number of rotatable bonds is 12. The molecule has 1 aromatic heterocycles. The van der Waals surface area contributed by atoms with Gasteiger partial charge in [-0.1, -0.05) is 11.3 Å². The second-order valence-corrected chi connectivity index (χ2v) is 7.45. The number of anilines is 1. The normalized spacial score (nSPS) is 13.3. The summed E-state index contributed by atoms with van der Waals surface area (Å²) in [4.78, 5) is 61.7. The quantitative estimate of drug-likeness (QED) is 0.186. The third-order valence-electron chi connectivity index (χ3n) is 3.81. The van der Waals surface area contributed by atoms with Gasteiger partial charge in [0.05, 0.1) is 11.1 Å². The van der Waals surface area contributed by atoms with E-state index < -0.39 is 36.0 Å². The maximum Gasteiger partial charge on any atom is 0.405 e. The first-order valence-corrected chi connectivity index (χ1v) is 9.98. The minimum absolute atomic E-state index is 0.364. The molecule has 13 heteroatoms. The highest BCUT2D eigenvalue weighted by molar-refractivity contribution is 7.17. The van der Waals surface area contributed by atoms with Gasteiger partial charge in [0.25, 0.3) is 0 Å². The number of nitrogens with zero attached hydrogens (tertiary/aromatic N) is 1. The maximum absolute atomic E-state index is 12.1. The Labute approximate surface area is 177 Å². The van der Waals surface area contributed by atoms with Gasteiger partial charge in [0, 0.05) is 13.1 Å². The molecule has 0 aliphatic heterocycles. The Bertz CT molecular complexity index is 770. The van der Waals surface area contributed by atoms with Gasteiger partial charge >= 0.3 is 6.09 Å². The lowest BCUT2D eigenvalue weighted by Gasteiger charge is -2.20. The maximum atomic E-state index is 12.1. The lowest BCUT2D eigenvalue weighted by Crippen LogP contribution is -2.54. The first-order chi connectivity index (χ1) is 14.1. The van der Waals surface area contributed by atoms with Crippen molar-refractivity contribution in [3.05, 3.63) is 11.1 Å². The number of carbonyl (C=O) groups excluding carboxylic acids is 4. The van der Waals surface area contributed by atoms with Crippen molar-refractivity contribution >= 4 is 46.6 Å². The van der Waals surface area contributed by atoms with Gasteiger partial charge in [0.15, 0.2) is 11.4 Å². The predicted molar refractivity (Wildman–Crippen MR) is 109 cm³/mol. The van der Waals surface area contributed by atoms with E-state index in [0.29, 0.717) is 29.5 Å². The highest BCUT2D eigenvalue weighted by Gasteiger charge is 2.23. The number of thiazole rings is 1. The Hall–Kier alpha value is -3.22. The van der Waals surface area contributed by atoms with Crippen LogP contribution in [-0.2, 0) is 14.4 Å². The smallest absolute Gasteiger partial charge is 0.405 e. The average molecular weight is 442 g/mol. The van der Waals surface area contributed by atoms with E-state index in [4.69, 9.17) is 5.11 Å². The first kappa shape index (κ1) is 24.8. The van der Waals surface area contributed by atoms with Crippen LogP contribution in [0.1, 0.15) is 36.9 Å². The van der Waals surface area contributed by atoms with E-state index in [-0.39, 0.29) is 5.91 Å². The molecular weight excluding hydrogens is 416 g/mol. The largest absolute Gasteiger partial charge is 0.465 e.